The van der Waals surface area contributed by atoms with E-state index >= 15 is 0 Å². The summed E-state index contributed by atoms with van der Waals surface area (Å²) in [6.07, 6.45) is -2.23. The van der Waals surface area contributed by atoms with Crippen molar-refractivity contribution in [2.24, 2.45) is 0 Å². The Morgan fingerprint density at radius 1 is 1.25 bits per heavy atom. The number of alkyl halides is 2. The molecule has 0 aliphatic heterocycles. The quantitative estimate of drug-likeness (QED) is 0.655. The first-order chi connectivity index (χ1) is 5.68. The van der Waals surface area contributed by atoms with Gasteiger partial charge in [-0.3, -0.25) is 0 Å². The van der Waals surface area contributed by atoms with Gasteiger partial charge in [-0.05, 0) is 19.1 Å². The second kappa shape index (κ2) is 4.45. The lowest BCUT2D eigenvalue weighted by Crippen LogP contribution is -1.92. The zero-order chi connectivity index (χ0) is 8.97. The monoisotopic (exact) mass is 188 g/mol. The second-order valence-corrected chi connectivity index (χ2v) is 3.61. The number of thioether (sulfide) groups is 1. The summed E-state index contributed by atoms with van der Waals surface area (Å²) in [7, 11) is 0. The molecule has 0 fully saturated rings. The zero-order valence-electron chi connectivity index (χ0n) is 6.76. The molecule has 0 unspecified atom stereocenters. The van der Waals surface area contributed by atoms with Crippen LogP contribution in [0.1, 0.15) is 5.56 Å². The number of hydrogen-bond acceptors (Lipinski definition) is 1. The van der Waals surface area contributed by atoms with Crippen molar-refractivity contribution in [1.29, 1.82) is 0 Å². The van der Waals surface area contributed by atoms with Gasteiger partial charge in [0, 0.05) is 4.90 Å². The fourth-order valence-electron chi connectivity index (χ4n) is 0.794. The molecule has 0 aliphatic carbocycles. The van der Waals surface area contributed by atoms with E-state index in [4.69, 9.17) is 0 Å². The Bertz CT molecular complexity index is 231. The largest absolute Gasteiger partial charge is 0.247 e. The highest BCUT2D eigenvalue weighted by Gasteiger charge is 2.02. The van der Waals surface area contributed by atoms with E-state index in [9.17, 15) is 8.78 Å². The highest BCUT2D eigenvalue weighted by molar-refractivity contribution is 7.99. The minimum absolute atomic E-state index is 0.122. The Morgan fingerprint density at radius 2 is 1.83 bits per heavy atom. The molecule has 1 aromatic carbocycles. The molecule has 0 atom stereocenters. The molecule has 1 rings (SSSR count). The van der Waals surface area contributed by atoms with Gasteiger partial charge in [0.2, 0.25) is 6.43 Å². The topological polar surface area (TPSA) is 0 Å². The molecule has 0 amide bonds. The minimum Gasteiger partial charge on any atom is -0.210 e. The van der Waals surface area contributed by atoms with Crippen LogP contribution >= 0.6 is 11.8 Å². The summed E-state index contributed by atoms with van der Waals surface area (Å²) in [6.45, 7) is 1.97. The smallest absolute Gasteiger partial charge is 0.210 e. The van der Waals surface area contributed by atoms with E-state index in [1.54, 1.807) is 0 Å². The maximum Gasteiger partial charge on any atom is 0.247 e. The van der Waals surface area contributed by atoms with Crippen LogP contribution < -0.4 is 0 Å². The van der Waals surface area contributed by atoms with E-state index in [0.717, 1.165) is 10.5 Å². The van der Waals surface area contributed by atoms with Crippen LogP contribution in [0.5, 0.6) is 0 Å². The number of aryl methyl sites for hydroxylation is 1. The number of rotatable bonds is 3. The van der Waals surface area contributed by atoms with Crippen molar-refractivity contribution < 1.29 is 8.78 Å². The minimum atomic E-state index is -2.23. The van der Waals surface area contributed by atoms with Crippen molar-refractivity contribution in [2.45, 2.75) is 18.2 Å². The molecule has 0 bridgehead atoms. The fourth-order valence-corrected chi connectivity index (χ4v) is 1.44. The van der Waals surface area contributed by atoms with Gasteiger partial charge in [0.1, 0.15) is 0 Å². The normalized spacial score (nSPS) is 10.7. The van der Waals surface area contributed by atoms with Gasteiger partial charge in [0.05, 0.1) is 5.75 Å². The standard InChI is InChI=1S/C9H10F2S/c1-7-2-4-8(5-3-7)12-6-9(10)11/h2-5,9H,6H2,1H3. The average molecular weight is 188 g/mol. The molecule has 0 saturated carbocycles. The Hall–Kier alpha value is -0.570. The van der Waals surface area contributed by atoms with E-state index in [0.29, 0.717) is 0 Å². The molecule has 3 heteroatoms. The van der Waals surface area contributed by atoms with Crippen molar-refractivity contribution in [3.05, 3.63) is 29.8 Å². The van der Waals surface area contributed by atoms with Crippen molar-refractivity contribution in [3.63, 3.8) is 0 Å². The van der Waals surface area contributed by atoms with Crippen LogP contribution in [0, 0.1) is 6.92 Å². The molecule has 0 aliphatic rings. The van der Waals surface area contributed by atoms with Gasteiger partial charge in [-0.2, -0.15) is 0 Å². The molecule has 0 radical (unpaired) electrons. The molecule has 0 spiro atoms. The van der Waals surface area contributed by atoms with E-state index in [1.165, 1.54) is 11.8 Å². The Labute approximate surface area is 75.0 Å². The summed E-state index contributed by atoms with van der Waals surface area (Å²) in [5.74, 6) is -0.122. The third kappa shape index (κ3) is 3.22. The lowest BCUT2D eigenvalue weighted by molar-refractivity contribution is 0.177. The van der Waals surface area contributed by atoms with Crippen LogP contribution in [-0.2, 0) is 0 Å². The van der Waals surface area contributed by atoms with Gasteiger partial charge >= 0.3 is 0 Å². The first-order valence-corrected chi connectivity index (χ1v) is 4.64. The van der Waals surface area contributed by atoms with Gasteiger partial charge in [0.15, 0.2) is 0 Å². The highest BCUT2D eigenvalue weighted by Crippen LogP contribution is 2.20. The van der Waals surface area contributed by atoms with Crippen molar-refractivity contribution >= 4 is 11.8 Å². The van der Waals surface area contributed by atoms with E-state index in [1.807, 2.05) is 31.2 Å². The summed E-state index contributed by atoms with van der Waals surface area (Å²) < 4.78 is 23.6. The SMILES string of the molecule is Cc1ccc(SCC(F)F)cc1. The number of halogens is 2. The van der Waals surface area contributed by atoms with Gasteiger partial charge < -0.3 is 0 Å². The molecular formula is C9H10F2S. The lowest BCUT2D eigenvalue weighted by atomic mass is 10.2. The maximum absolute atomic E-state index is 11.8. The third-order valence-corrected chi connectivity index (χ3v) is 2.42. The van der Waals surface area contributed by atoms with E-state index < -0.39 is 6.43 Å². The van der Waals surface area contributed by atoms with Gasteiger partial charge in [-0.1, -0.05) is 17.7 Å². The van der Waals surface area contributed by atoms with Gasteiger partial charge in [-0.15, -0.1) is 11.8 Å². The van der Waals surface area contributed by atoms with Crippen LogP contribution in [0.15, 0.2) is 29.2 Å². The summed E-state index contributed by atoms with van der Waals surface area (Å²) in [5, 5.41) is 0. The summed E-state index contributed by atoms with van der Waals surface area (Å²) in [5.41, 5.74) is 1.15. The Morgan fingerprint density at radius 3 is 2.33 bits per heavy atom. The second-order valence-electron chi connectivity index (χ2n) is 2.52. The summed E-state index contributed by atoms with van der Waals surface area (Å²) >= 11 is 1.19. The van der Waals surface area contributed by atoms with Crippen LogP contribution in [0.4, 0.5) is 8.78 Å². The summed E-state index contributed by atoms with van der Waals surface area (Å²) in [4.78, 5) is 0.904. The molecule has 66 valence electrons. The van der Waals surface area contributed by atoms with Crippen LogP contribution in [0.2, 0.25) is 0 Å². The number of hydrogen-bond donors (Lipinski definition) is 0. The molecule has 12 heavy (non-hydrogen) atoms. The van der Waals surface area contributed by atoms with Crippen molar-refractivity contribution in [1.82, 2.24) is 0 Å². The van der Waals surface area contributed by atoms with Crippen LogP contribution in [0.3, 0.4) is 0 Å². The van der Waals surface area contributed by atoms with Crippen molar-refractivity contribution in [2.75, 3.05) is 5.75 Å². The highest BCUT2D eigenvalue weighted by atomic mass is 32.2. The first kappa shape index (κ1) is 9.52. The first-order valence-electron chi connectivity index (χ1n) is 3.66. The van der Waals surface area contributed by atoms with E-state index in [2.05, 4.69) is 0 Å². The maximum atomic E-state index is 11.8. The molecule has 0 N–H and O–H groups in total. The molecule has 0 saturated heterocycles. The van der Waals surface area contributed by atoms with Crippen molar-refractivity contribution in [3.8, 4) is 0 Å². The summed E-state index contributed by atoms with van der Waals surface area (Å²) in [6, 6.07) is 7.58. The van der Waals surface area contributed by atoms with Crippen LogP contribution in [-0.4, -0.2) is 12.2 Å². The molecule has 0 aromatic heterocycles. The van der Waals surface area contributed by atoms with Gasteiger partial charge in [0.25, 0.3) is 0 Å². The Kier molecular flexibility index (Phi) is 3.53. The Balaban J connectivity index is 2.48. The molecule has 1 aromatic rings. The molecular weight excluding hydrogens is 178 g/mol. The fraction of sp³-hybridized carbons (Fsp3) is 0.333. The van der Waals surface area contributed by atoms with E-state index in [-0.39, 0.29) is 5.75 Å². The lowest BCUT2D eigenvalue weighted by Gasteiger charge is -2.00. The average Bonchev–Trinajstić information content (AvgIpc) is 2.03. The number of benzene rings is 1. The zero-order valence-corrected chi connectivity index (χ0v) is 7.57. The predicted octanol–water partition coefficient (Wildman–Crippen LogP) is 3.35. The molecule has 0 nitrogen and oxygen atoms in total. The van der Waals surface area contributed by atoms with Gasteiger partial charge in [-0.25, -0.2) is 8.78 Å². The molecule has 0 heterocycles. The van der Waals surface area contributed by atoms with Crippen LogP contribution in [0.25, 0.3) is 0 Å². The third-order valence-electron chi connectivity index (χ3n) is 1.40. The predicted molar refractivity (Wildman–Crippen MR) is 47.9 cm³/mol.